The van der Waals surface area contributed by atoms with Gasteiger partial charge in [-0.2, -0.15) is 0 Å². The van der Waals surface area contributed by atoms with E-state index in [4.69, 9.17) is 0 Å². The number of carbonyl (C=O) groups is 2. The number of hydrogen-bond acceptors (Lipinski definition) is 5. The molecule has 0 saturated carbocycles. The second kappa shape index (κ2) is 8.70. The number of aromatic nitrogens is 3. The molecule has 2 N–H and O–H groups in total. The number of fused-ring (bicyclic) bond motifs is 1. The van der Waals surface area contributed by atoms with Crippen LogP contribution in [0.4, 0.5) is 15.0 Å². The third-order valence-electron chi connectivity index (χ3n) is 5.68. The molecule has 3 heterocycles. The van der Waals surface area contributed by atoms with Crippen LogP contribution in [0.15, 0.2) is 67.0 Å². The van der Waals surface area contributed by atoms with Gasteiger partial charge in [0, 0.05) is 37.4 Å². The van der Waals surface area contributed by atoms with Gasteiger partial charge in [-0.05, 0) is 48.0 Å². The number of hydrogen-bond donors (Lipinski definition) is 2. The molecule has 8 nitrogen and oxygen atoms in total. The molecule has 1 fully saturated rings. The van der Waals surface area contributed by atoms with Crippen molar-refractivity contribution in [1.29, 1.82) is 0 Å². The molecule has 0 unspecified atom stereocenters. The molecule has 3 amide bonds. The Balaban J connectivity index is 1.28. The Kier molecular flexibility index (Phi) is 5.43. The van der Waals surface area contributed by atoms with Crippen LogP contribution in [0.2, 0.25) is 0 Å². The van der Waals surface area contributed by atoms with Gasteiger partial charge in [-0.25, -0.2) is 19.2 Å². The van der Waals surface area contributed by atoms with Crippen molar-refractivity contribution in [2.45, 2.75) is 0 Å². The molecule has 0 atom stereocenters. The Morgan fingerprint density at radius 2 is 1.67 bits per heavy atom. The molecule has 33 heavy (non-hydrogen) atoms. The zero-order valence-corrected chi connectivity index (χ0v) is 17.7. The molecule has 0 aliphatic carbocycles. The largest absolute Gasteiger partial charge is 0.352 e. The van der Waals surface area contributed by atoms with E-state index < -0.39 is 11.9 Å². The predicted molar refractivity (Wildman–Crippen MR) is 122 cm³/mol. The summed E-state index contributed by atoms with van der Waals surface area (Å²) >= 11 is 0. The summed E-state index contributed by atoms with van der Waals surface area (Å²) in [5.74, 6) is 0.0638. The van der Waals surface area contributed by atoms with Crippen LogP contribution in [0.1, 0.15) is 10.4 Å². The first-order chi connectivity index (χ1) is 16.1. The smallest absolute Gasteiger partial charge is 0.324 e. The third-order valence-corrected chi connectivity index (χ3v) is 5.68. The number of halogens is 1. The summed E-state index contributed by atoms with van der Waals surface area (Å²) in [6, 6.07) is 16.5. The van der Waals surface area contributed by atoms with Gasteiger partial charge in [0.05, 0.1) is 5.39 Å². The SMILES string of the molecule is O=C(NC(=O)N1CCN(c2ncnc3[nH]c(-c4ccc(F)cc4)cc23)CC1)c1ccccc1. The van der Waals surface area contributed by atoms with Gasteiger partial charge in [0.1, 0.15) is 23.6 Å². The molecule has 5 rings (SSSR count). The van der Waals surface area contributed by atoms with Crippen molar-refractivity contribution in [2.24, 2.45) is 0 Å². The van der Waals surface area contributed by atoms with Crippen LogP contribution >= 0.6 is 0 Å². The lowest BCUT2D eigenvalue weighted by Gasteiger charge is -2.35. The van der Waals surface area contributed by atoms with E-state index in [2.05, 4.69) is 25.2 Å². The fourth-order valence-electron chi connectivity index (χ4n) is 3.92. The lowest BCUT2D eigenvalue weighted by atomic mass is 10.1. The zero-order valence-electron chi connectivity index (χ0n) is 17.7. The van der Waals surface area contributed by atoms with Crippen molar-refractivity contribution in [3.8, 4) is 11.3 Å². The Morgan fingerprint density at radius 1 is 0.939 bits per heavy atom. The number of urea groups is 1. The first kappa shape index (κ1) is 20.6. The molecule has 1 aliphatic rings. The highest BCUT2D eigenvalue weighted by atomic mass is 19.1. The second-order valence-electron chi connectivity index (χ2n) is 7.75. The van der Waals surface area contributed by atoms with Crippen LogP contribution in [0.3, 0.4) is 0 Å². The van der Waals surface area contributed by atoms with E-state index in [1.165, 1.54) is 18.5 Å². The summed E-state index contributed by atoms with van der Waals surface area (Å²) in [5.41, 5.74) is 2.80. The van der Waals surface area contributed by atoms with Gasteiger partial charge in [-0.15, -0.1) is 0 Å². The van der Waals surface area contributed by atoms with Crippen molar-refractivity contribution in [1.82, 2.24) is 25.2 Å². The van der Waals surface area contributed by atoms with Gasteiger partial charge in [0.2, 0.25) is 0 Å². The number of amides is 3. The summed E-state index contributed by atoms with van der Waals surface area (Å²) in [4.78, 5) is 40.6. The van der Waals surface area contributed by atoms with Crippen LogP contribution in [-0.2, 0) is 0 Å². The standard InChI is InChI=1S/C24H21FN6O2/c25-18-8-6-16(7-9-18)20-14-19-21(28-20)26-15-27-22(19)30-10-12-31(13-11-30)24(33)29-23(32)17-4-2-1-3-5-17/h1-9,14-15H,10-13H2,(H,26,27,28)(H,29,32,33). The van der Waals surface area contributed by atoms with Crippen molar-refractivity contribution in [3.63, 3.8) is 0 Å². The van der Waals surface area contributed by atoms with Crippen LogP contribution in [0, 0.1) is 5.82 Å². The summed E-state index contributed by atoms with van der Waals surface area (Å²) in [7, 11) is 0. The number of carbonyl (C=O) groups excluding carboxylic acids is 2. The Labute approximate surface area is 189 Å². The normalized spacial score (nSPS) is 13.8. The Morgan fingerprint density at radius 3 is 2.39 bits per heavy atom. The molecule has 9 heteroatoms. The van der Waals surface area contributed by atoms with Gasteiger partial charge in [-0.1, -0.05) is 18.2 Å². The summed E-state index contributed by atoms with van der Waals surface area (Å²) in [6.07, 6.45) is 1.50. The van der Waals surface area contributed by atoms with Crippen molar-refractivity contribution >= 4 is 28.8 Å². The van der Waals surface area contributed by atoms with Crippen LogP contribution in [0.5, 0.6) is 0 Å². The molecule has 0 radical (unpaired) electrons. The molecule has 1 saturated heterocycles. The number of H-pyrrole nitrogens is 1. The van der Waals surface area contributed by atoms with E-state index >= 15 is 0 Å². The summed E-state index contributed by atoms with van der Waals surface area (Å²) < 4.78 is 13.3. The predicted octanol–water partition coefficient (Wildman–Crippen LogP) is 3.44. The van der Waals surface area contributed by atoms with E-state index in [1.54, 1.807) is 41.3 Å². The van der Waals surface area contributed by atoms with Gasteiger partial charge >= 0.3 is 6.03 Å². The van der Waals surface area contributed by atoms with Crippen molar-refractivity contribution < 1.29 is 14.0 Å². The first-order valence-corrected chi connectivity index (χ1v) is 10.6. The maximum absolute atomic E-state index is 13.3. The van der Waals surface area contributed by atoms with Crippen LogP contribution in [0.25, 0.3) is 22.3 Å². The average molecular weight is 444 g/mol. The molecule has 2 aromatic heterocycles. The monoisotopic (exact) mass is 444 g/mol. The van der Waals surface area contributed by atoms with E-state index in [1.807, 2.05) is 12.1 Å². The fourth-order valence-corrected chi connectivity index (χ4v) is 3.92. The highest BCUT2D eigenvalue weighted by molar-refractivity contribution is 6.04. The summed E-state index contributed by atoms with van der Waals surface area (Å²) in [5, 5.41) is 3.30. The molecular weight excluding hydrogens is 423 g/mol. The molecular formula is C24H21FN6O2. The number of anilines is 1. The fraction of sp³-hybridized carbons (Fsp3) is 0.167. The van der Waals surface area contributed by atoms with Crippen molar-refractivity contribution in [3.05, 3.63) is 78.4 Å². The topological polar surface area (TPSA) is 94.2 Å². The molecule has 0 bridgehead atoms. The van der Waals surface area contributed by atoms with Gasteiger partial charge in [-0.3, -0.25) is 10.1 Å². The van der Waals surface area contributed by atoms with Crippen molar-refractivity contribution in [2.75, 3.05) is 31.1 Å². The highest BCUT2D eigenvalue weighted by Crippen LogP contribution is 2.29. The van der Waals surface area contributed by atoms with E-state index in [-0.39, 0.29) is 5.82 Å². The molecule has 4 aromatic rings. The molecule has 166 valence electrons. The quantitative estimate of drug-likeness (QED) is 0.505. The van der Waals surface area contributed by atoms with Gasteiger partial charge in [0.25, 0.3) is 5.91 Å². The van der Waals surface area contributed by atoms with Crippen LogP contribution in [-0.4, -0.2) is 58.0 Å². The van der Waals surface area contributed by atoms with E-state index in [9.17, 15) is 14.0 Å². The minimum absolute atomic E-state index is 0.289. The molecule has 0 spiro atoms. The number of piperazine rings is 1. The first-order valence-electron chi connectivity index (χ1n) is 10.6. The highest BCUT2D eigenvalue weighted by Gasteiger charge is 2.25. The Hall–Kier alpha value is -4.27. The number of nitrogens with zero attached hydrogens (tertiary/aromatic N) is 4. The number of benzene rings is 2. The number of aromatic amines is 1. The van der Waals surface area contributed by atoms with E-state index in [0.717, 1.165) is 22.5 Å². The van der Waals surface area contributed by atoms with Gasteiger partial charge < -0.3 is 14.8 Å². The lowest BCUT2D eigenvalue weighted by Crippen LogP contribution is -2.53. The molecule has 1 aliphatic heterocycles. The van der Waals surface area contributed by atoms with E-state index in [0.29, 0.717) is 37.4 Å². The lowest BCUT2D eigenvalue weighted by molar-refractivity contribution is 0.0951. The third kappa shape index (κ3) is 4.25. The zero-order chi connectivity index (χ0) is 22.8. The van der Waals surface area contributed by atoms with Crippen LogP contribution < -0.4 is 10.2 Å². The summed E-state index contributed by atoms with van der Waals surface area (Å²) in [6.45, 7) is 2.04. The number of imide groups is 1. The molecule has 2 aromatic carbocycles. The second-order valence-corrected chi connectivity index (χ2v) is 7.75. The minimum atomic E-state index is -0.416. The minimum Gasteiger partial charge on any atom is -0.352 e. The number of rotatable bonds is 3. The maximum atomic E-state index is 13.3. The van der Waals surface area contributed by atoms with Gasteiger partial charge in [0.15, 0.2) is 0 Å². The maximum Gasteiger partial charge on any atom is 0.324 e. The Bertz CT molecular complexity index is 1300. The number of nitrogens with one attached hydrogen (secondary N) is 2. The average Bonchev–Trinajstić information content (AvgIpc) is 3.29.